The number of aliphatic hydroxyl groups excluding tert-OH is 1. The second-order valence-electron chi connectivity index (χ2n) is 4.52. The van der Waals surface area contributed by atoms with Crippen molar-refractivity contribution in [3.05, 3.63) is 35.7 Å². The Balaban J connectivity index is 2.19. The molecule has 2 rings (SSSR count). The highest BCUT2D eigenvalue weighted by Gasteiger charge is 2.15. The average Bonchev–Trinajstić information content (AvgIpc) is 2.17. The van der Waals surface area contributed by atoms with Gasteiger partial charge < -0.3 is 10.4 Å². The summed E-state index contributed by atoms with van der Waals surface area (Å²) in [5, 5.41) is 12.4. The number of anilines is 1. The molecule has 1 aliphatic heterocycles. The van der Waals surface area contributed by atoms with E-state index in [-0.39, 0.29) is 0 Å². The van der Waals surface area contributed by atoms with Crippen LogP contribution in [0.15, 0.2) is 18.2 Å². The molecule has 0 fully saturated rings. The summed E-state index contributed by atoms with van der Waals surface area (Å²) >= 11 is 0. The third kappa shape index (κ3) is 2.51. The van der Waals surface area contributed by atoms with E-state index in [0.29, 0.717) is 12.3 Å². The zero-order valence-electron chi connectivity index (χ0n) is 9.25. The summed E-state index contributed by atoms with van der Waals surface area (Å²) in [6.45, 7) is 4.43. The van der Waals surface area contributed by atoms with Crippen molar-refractivity contribution >= 4 is 5.69 Å². The quantitative estimate of drug-likeness (QED) is 0.773. The fourth-order valence-electron chi connectivity index (χ4n) is 1.90. The highest BCUT2D eigenvalue weighted by Crippen LogP contribution is 2.27. The normalized spacial score (nSPS) is 19.9. The maximum absolute atomic E-state index is 9.40. The SMILES string of the molecule is CC(C)Cc1ccc2c(c1)[C]CC(O)N2. The largest absolute Gasteiger partial charge is 0.374 e. The number of hydrogen-bond acceptors (Lipinski definition) is 2. The molecule has 0 aromatic heterocycles. The lowest BCUT2D eigenvalue weighted by atomic mass is 9.96. The van der Waals surface area contributed by atoms with Crippen molar-refractivity contribution in [1.82, 2.24) is 0 Å². The molecule has 0 aliphatic carbocycles. The van der Waals surface area contributed by atoms with Gasteiger partial charge in [0.2, 0.25) is 0 Å². The van der Waals surface area contributed by atoms with Crippen LogP contribution in [0.5, 0.6) is 0 Å². The summed E-state index contributed by atoms with van der Waals surface area (Å²) in [6, 6.07) is 6.31. The first-order chi connectivity index (χ1) is 7.15. The van der Waals surface area contributed by atoms with Gasteiger partial charge in [-0.3, -0.25) is 0 Å². The average molecular weight is 203 g/mol. The molecule has 0 saturated carbocycles. The van der Waals surface area contributed by atoms with E-state index in [0.717, 1.165) is 17.7 Å². The zero-order chi connectivity index (χ0) is 10.8. The Labute approximate surface area is 91.3 Å². The van der Waals surface area contributed by atoms with E-state index in [4.69, 9.17) is 0 Å². The van der Waals surface area contributed by atoms with Crippen LogP contribution in [-0.2, 0) is 6.42 Å². The van der Waals surface area contributed by atoms with Crippen molar-refractivity contribution in [2.24, 2.45) is 5.92 Å². The Hall–Kier alpha value is -1.02. The standard InChI is InChI=1S/C13H17NO/c1-9(2)7-10-3-5-12-11(8-10)4-6-13(15)14-12/h3,5,8-9,13-15H,6-7H2,1-2H3. The second kappa shape index (κ2) is 4.23. The Bertz CT molecular complexity index is 346. The van der Waals surface area contributed by atoms with Crippen molar-refractivity contribution < 1.29 is 5.11 Å². The summed E-state index contributed by atoms with van der Waals surface area (Å²) in [7, 11) is 0. The van der Waals surface area contributed by atoms with Gasteiger partial charge in [-0.05, 0) is 29.5 Å². The van der Waals surface area contributed by atoms with Crippen molar-refractivity contribution in [2.45, 2.75) is 32.9 Å². The van der Waals surface area contributed by atoms with Gasteiger partial charge in [-0.15, -0.1) is 0 Å². The first-order valence-corrected chi connectivity index (χ1v) is 5.46. The maximum Gasteiger partial charge on any atom is 0.125 e. The minimum atomic E-state index is -0.478. The fourth-order valence-corrected chi connectivity index (χ4v) is 1.90. The molecule has 0 spiro atoms. The lowest BCUT2D eigenvalue weighted by molar-refractivity contribution is 0.201. The topological polar surface area (TPSA) is 32.3 Å². The molecule has 0 amide bonds. The molecule has 2 nitrogen and oxygen atoms in total. The fraction of sp³-hybridized carbons (Fsp3) is 0.462. The van der Waals surface area contributed by atoms with E-state index in [1.807, 2.05) is 6.07 Å². The van der Waals surface area contributed by atoms with Gasteiger partial charge in [0.15, 0.2) is 0 Å². The number of benzene rings is 1. The first kappa shape index (κ1) is 10.5. The molecule has 1 unspecified atom stereocenters. The van der Waals surface area contributed by atoms with Gasteiger partial charge >= 0.3 is 0 Å². The van der Waals surface area contributed by atoms with Gasteiger partial charge in [0.25, 0.3) is 0 Å². The monoisotopic (exact) mass is 203 g/mol. The maximum atomic E-state index is 9.40. The minimum absolute atomic E-state index is 0.478. The van der Waals surface area contributed by atoms with Crippen LogP contribution >= 0.6 is 0 Å². The second-order valence-corrected chi connectivity index (χ2v) is 4.52. The Kier molecular flexibility index (Phi) is 2.96. The van der Waals surface area contributed by atoms with E-state index in [1.165, 1.54) is 5.56 Å². The molecule has 1 aromatic rings. The van der Waals surface area contributed by atoms with Crippen molar-refractivity contribution in [3.8, 4) is 0 Å². The predicted molar refractivity (Wildman–Crippen MR) is 61.6 cm³/mol. The Morgan fingerprint density at radius 1 is 1.53 bits per heavy atom. The summed E-state index contributed by atoms with van der Waals surface area (Å²) < 4.78 is 0. The number of nitrogens with one attached hydrogen (secondary N) is 1. The third-order valence-electron chi connectivity index (χ3n) is 2.54. The van der Waals surface area contributed by atoms with E-state index in [1.54, 1.807) is 0 Å². The van der Waals surface area contributed by atoms with Gasteiger partial charge in [-0.1, -0.05) is 26.0 Å². The minimum Gasteiger partial charge on any atom is -0.374 e. The summed E-state index contributed by atoms with van der Waals surface area (Å²) in [5.41, 5.74) is 3.43. The van der Waals surface area contributed by atoms with Crippen LogP contribution in [0.2, 0.25) is 0 Å². The molecule has 2 heteroatoms. The highest BCUT2D eigenvalue weighted by molar-refractivity contribution is 5.58. The van der Waals surface area contributed by atoms with Crippen LogP contribution in [0.3, 0.4) is 0 Å². The molecule has 0 saturated heterocycles. The predicted octanol–water partition coefficient (Wildman–Crippen LogP) is 2.45. The molecule has 80 valence electrons. The van der Waals surface area contributed by atoms with Crippen LogP contribution < -0.4 is 5.32 Å². The van der Waals surface area contributed by atoms with Crippen molar-refractivity contribution in [1.29, 1.82) is 0 Å². The van der Waals surface area contributed by atoms with E-state index in [9.17, 15) is 5.11 Å². The molecule has 15 heavy (non-hydrogen) atoms. The molecule has 2 radical (unpaired) electrons. The van der Waals surface area contributed by atoms with E-state index >= 15 is 0 Å². The summed E-state index contributed by atoms with van der Waals surface area (Å²) in [4.78, 5) is 0. The Morgan fingerprint density at radius 2 is 2.33 bits per heavy atom. The molecule has 0 bridgehead atoms. The first-order valence-electron chi connectivity index (χ1n) is 5.46. The molecule has 1 aliphatic rings. The molecular formula is C13H17NO. The summed E-state index contributed by atoms with van der Waals surface area (Å²) in [5.74, 6) is 0.671. The third-order valence-corrected chi connectivity index (χ3v) is 2.54. The van der Waals surface area contributed by atoms with Crippen LogP contribution in [0.4, 0.5) is 5.69 Å². The van der Waals surface area contributed by atoms with Crippen LogP contribution in [-0.4, -0.2) is 11.3 Å². The number of aliphatic hydroxyl groups is 1. The van der Waals surface area contributed by atoms with Gasteiger partial charge in [0, 0.05) is 18.5 Å². The lowest BCUT2D eigenvalue weighted by Crippen LogP contribution is -2.23. The molecule has 1 heterocycles. The van der Waals surface area contributed by atoms with Crippen LogP contribution in [0.1, 0.15) is 31.4 Å². The number of fused-ring (bicyclic) bond motifs is 1. The van der Waals surface area contributed by atoms with Gasteiger partial charge in [-0.25, -0.2) is 0 Å². The van der Waals surface area contributed by atoms with Crippen molar-refractivity contribution in [2.75, 3.05) is 5.32 Å². The van der Waals surface area contributed by atoms with Gasteiger partial charge in [-0.2, -0.15) is 0 Å². The van der Waals surface area contributed by atoms with Gasteiger partial charge in [0.1, 0.15) is 6.23 Å². The Morgan fingerprint density at radius 3 is 3.07 bits per heavy atom. The smallest absolute Gasteiger partial charge is 0.125 e. The number of rotatable bonds is 2. The molecular weight excluding hydrogens is 186 g/mol. The van der Waals surface area contributed by atoms with Gasteiger partial charge in [0.05, 0.1) is 0 Å². The molecule has 1 aromatic carbocycles. The molecule has 2 N–H and O–H groups in total. The highest BCUT2D eigenvalue weighted by atomic mass is 16.3. The molecule has 1 atom stereocenters. The summed E-state index contributed by atoms with van der Waals surface area (Å²) in [6.07, 6.45) is 4.40. The van der Waals surface area contributed by atoms with E-state index in [2.05, 4.69) is 37.7 Å². The lowest BCUT2D eigenvalue weighted by Gasteiger charge is -2.23. The number of hydrogen-bond donors (Lipinski definition) is 2. The zero-order valence-corrected chi connectivity index (χ0v) is 9.25. The van der Waals surface area contributed by atoms with E-state index < -0.39 is 6.23 Å². The van der Waals surface area contributed by atoms with Crippen molar-refractivity contribution in [3.63, 3.8) is 0 Å². The van der Waals surface area contributed by atoms with Crippen LogP contribution in [0, 0.1) is 12.3 Å². The van der Waals surface area contributed by atoms with Crippen LogP contribution in [0.25, 0.3) is 0 Å².